The quantitative estimate of drug-likeness (QED) is 0.910. The fraction of sp³-hybridized carbons (Fsp3) is 0.600. The van der Waals surface area contributed by atoms with Gasteiger partial charge in [-0.15, -0.1) is 0 Å². The summed E-state index contributed by atoms with van der Waals surface area (Å²) < 4.78 is 0. The summed E-state index contributed by atoms with van der Waals surface area (Å²) in [5, 5.41) is 12.0. The predicted molar refractivity (Wildman–Crippen MR) is 99.1 cm³/mol. The molecule has 5 heteroatoms. The van der Waals surface area contributed by atoms with Crippen LogP contribution >= 0.6 is 0 Å². The van der Waals surface area contributed by atoms with Gasteiger partial charge in [0.2, 0.25) is 0 Å². The van der Waals surface area contributed by atoms with E-state index in [0.29, 0.717) is 19.1 Å². The van der Waals surface area contributed by atoms with Gasteiger partial charge >= 0.3 is 6.03 Å². The Kier molecular flexibility index (Phi) is 5.93. The second-order valence-electron chi connectivity index (χ2n) is 7.34. The lowest BCUT2D eigenvalue weighted by Crippen LogP contribution is -2.40. The van der Waals surface area contributed by atoms with Crippen LogP contribution in [-0.2, 0) is 6.54 Å². The number of amides is 2. The third-order valence-corrected chi connectivity index (χ3v) is 5.47. The van der Waals surface area contributed by atoms with Gasteiger partial charge in [-0.2, -0.15) is 5.26 Å². The number of nitrogens with one attached hydrogen (secondary N) is 1. The molecule has 0 saturated carbocycles. The summed E-state index contributed by atoms with van der Waals surface area (Å²) in [7, 11) is 0. The van der Waals surface area contributed by atoms with E-state index in [4.69, 9.17) is 5.26 Å². The van der Waals surface area contributed by atoms with Crippen LogP contribution in [0.2, 0.25) is 0 Å². The molecule has 1 aromatic rings. The average Bonchev–Trinajstić information content (AvgIpc) is 2.64. The Morgan fingerprint density at radius 3 is 2.76 bits per heavy atom. The molecule has 0 aliphatic carbocycles. The number of piperidine rings is 2. The number of benzene rings is 1. The van der Waals surface area contributed by atoms with Crippen LogP contribution in [-0.4, -0.2) is 41.5 Å². The summed E-state index contributed by atoms with van der Waals surface area (Å²) in [6.45, 7) is 5.73. The molecule has 1 aromatic carbocycles. The molecule has 0 bridgehead atoms. The van der Waals surface area contributed by atoms with E-state index in [1.807, 2.05) is 17.0 Å². The van der Waals surface area contributed by atoms with E-state index in [0.717, 1.165) is 31.6 Å². The number of rotatable bonds is 3. The van der Waals surface area contributed by atoms with Crippen LogP contribution < -0.4 is 5.32 Å². The molecule has 3 rings (SSSR count). The number of nitrogens with zero attached hydrogens (tertiary/aromatic N) is 3. The first-order valence-electron chi connectivity index (χ1n) is 9.44. The molecule has 2 fully saturated rings. The Morgan fingerprint density at radius 1 is 1.24 bits per heavy atom. The van der Waals surface area contributed by atoms with Crippen molar-refractivity contribution in [2.45, 2.75) is 51.6 Å². The molecule has 1 N–H and O–H groups in total. The Bertz CT molecular complexity index is 631. The van der Waals surface area contributed by atoms with Gasteiger partial charge in [-0.05, 0) is 56.8 Å². The molecular formula is C20H28N4O. The van der Waals surface area contributed by atoms with Crippen LogP contribution in [0.1, 0.15) is 44.6 Å². The van der Waals surface area contributed by atoms with Gasteiger partial charge in [0.25, 0.3) is 0 Å². The fourth-order valence-electron chi connectivity index (χ4n) is 3.79. The molecule has 2 aliphatic heterocycles. The molecule has 2 heterocycles. The molecule has 0 aromatic heterocycles. The van der Waals surface area contributed by atoms with Gasteiger partial charge in [-0.1, -0.05) is 18.6 Å². The standard InChI is InChI=1S/C20H28N4O/c1-16-5-2-3-10-24(16)15-18-6-4-7-19(13-18)22-20(25)23-11-8-17(14-21)9-12-23/h4,6-7,13,16-17H,2-3,5,8-12,15H2,1H3,(H,22,25)/t16-/m0/s1. The van der Waals surface area contributed by atoms with Gasteiger partial charge in [-0.25, -0.2) is 4.79 Å². The molecule has 5 nitrogen and oxygen atoms in total. The van der Waals surface area contributed by atoms with Crippen molar-refractivity contribution in [3.63, 3.8) is 0 Å². The monoisotopic (exact) mass is 340 g/mol. The first-order valence-corrected chi connectivity index (χ1v) is 9.44. The van der Waals surface area contributed by atoms with Crippen molar-refractivity contribution in [3.05, 3.63) is 29.8 Å². The maximum absolute atomic E-state index is 12.4. The summed E-state index contributed by atoms with van der Waals surface area (Å²) >= 11 is 0. The number of nitriles is 1. The van der Waals surface area contributed by atoms with Gasteiger partial charge in [0.1, 0.15) is 0 Å². The summed E-state index contributed by atoms with van der Waals surface area (Å²) in [4.78, 5) is 16.8. The number of urea groups is 1. The number of hydrogen-bond acceptors (Lipinski definition) is 3. The number of carbonyl (C=O) groups excluding carboxylic acids is 1. The summed E-state index contributed by atoms with van der Waals surface area (Å²) in [5.41, 5.74) is 2.10. The zero-order valence-electron chi connectivity index (χ0n) is 15.1. The van der Waals surface area contributed by atoms with Gasteiger partial charge in [-0.3, -0.25) is 4.90 Å². The van der Waals surface area contributed by atoms with Gasteiger partial charge in [0, 0.05) is 37.3 Å². The number of hydrogen-bond donors (Lipinski definition) is 1. The van der Waals surface area contributed by atoms with E-state index in [9.17, 15) is 4.79 Å². The largest absolute Gasteiger partial charge is 0.324 e. The summed E-state index contributed by atoms with van der Waals surface area (Å²) in [5.74, 6) is 0.0962. The zero-order chi connectivity index (χ0) is 17.6. The number of carbonyl (C=O) groups is 1. The number of anilines is 1. The smallest absolute Gasteiger partial charge is 0.321 e. The van der Waals surface area contributed by atoms with E-state index in [2.05, 4.69) is 35.3 Å². The third-order valence-electron chi connectivity index (χ3n) is 5.47. The van der Waals surface area contributed by atoms with Crippen molar-refractivity contribution >= 4 is 11.7 Å². The van der Waals surface area contributed by atoms with E-state index in [-0.39, 0.29) is 11.9 Å². The van der Waals surface area contributed by atoms with E-state index in [1.165, 1.54) is 24.8 Å². The number of likely N-dealkylation sites (tertiary alicyclic amines) is 2. The Balaban J connectivity index is 1.56. The molecule has 0 radical (unpaired) electrons. The fourth-order valence-corrected chi connectivity index (χ4v) is 3.79. The second-order valence-corrected chi connectivity index (χ2v) is 7.34. The van der Waals surface area contributed by atoms with Crippen LogP contribution in [0.5, 0.6) is 0 Å². The van der Waals surface area contributed by atoms with Crippen LogP contribution in [0, 0.1) is 17.2 Å². The lowest BCUT2D eigenvalue weighted by Gasteiger charge is -2.33. The Labute approximate surface area is 150 Å². The van der Waals surface area contributed by atoms with E-state index in [1.54, 1.807) is 0 Å². The Morgan fingerprint density at radius 2 is 2.04 bits per heavy atom. The van der Waals surface area contributed by atoms with Gasteiger partial charge in [0.05, 0.1) is 6.07 Å². The van der Waals surface area contributed by atoms with Crippen molar-refractivity contribution in [3.8, 4) is 6.07 Å². The van der Waals surface area contributed by atoms with E-state index >= 15 is 0 Å². The lowest BCUT2D eigenvalue weighted by molar-refractivity contribution is 0.152. The molecule has 2 amide bonds. The lowest BCUT2D eigenvalue weighted by atomic mass is 9.99. The third kappa shape index (κ3) is 4.73. The highest BCUT2D eigenvalue weighted by Gasteiger charge is 2.23. The SMILES string of the molecule is C[C@H]1CCCCN1Cc1cccc(NC(=O)N2CCC(C#N)CC2)c1. The van der Waals surface area contributed by atoms with Crippen molar-refractivity contribution < 1.29 is 4.79 Å². The maximum Gasteiger partial charge on any atom is 0.321 e. The maximum atomic E-state index is 12.4. The van der Waals surface area contributed by atoms with Gasteiger partial charge < -0.3 is 10.2 Å². The average molecular weight is 340 g/mol. The molecule has 1 atom stereocenters. The molecule has 0 unspecified atom stereocenters. The molecule has 134 valence electrons. The zero-order valence-corrected chi connectivity index (χ0v) is 15.1. The minimum Gasteiger partial charge on any atom is -0.324 e. The molecule has 2 aliphatic rings. The normalized spacial score (nSPS) is 22.4. The highest BCUT2D eigenvalue weighted by atomic mass is 16.2. The first kappa shape index (κ1) is 17.8. The van der Waals surface area contributed by atoms with E-state index < -0.39 is 0 Å². The molecule has 0 spiro atoms. The van der Waals surface area contributed by atoms with Crippen molar-refractivity contribution in [2.75, 3.05) is 25.0 Å². The summed E-state index contributed by atoms with van der Waals surface area (Å²) in [6.07, 6.45) is 5.43. The highest BCUT2D eigenvalue weighted by molar-refractivity contribution is 5.89. The van der Waals surface area contributed by atoms with Crippen LogP contribution in [0.3, 0.4) is 0 Å². The van der Waals surface area contributed by atoms with Crippen LogP contribution in [0.25, 0.3) is 0 Å². The predicted octanol–water partition coefficient (Wildman–Crippen LogP) is 3.83. The van der Waals surface area contributed by atoms with Gasteiger partial charge in [0.15, 0.2) is 0 Å². The second kappa shape index (κ2) is 8.35. The Hall–Kier alpha value is -2.06. The molecular weight excluding hydrogens is 312 g/mol. The highest BCUT2D eigenvalue weighted by Crippen LogP contribution is 2.21. The first-order chi connectivity index (χ1) is 12.2. The molecule has 25 heavy (non-hydrogen) atoms. The minimum absolute atomic E-state index is 0.0557. The van der Waals surface area contributed by atoms with Crippen molar-refractivity contribution in [1.82, 2.24) is 9.80 Å². The van der Waals surface area contributed by atoms with Crippen molar-refractivity contribution in [2.24, 2.45) is 5.92 Å². The van der Waals surface area contributed by atoms with Crippen LogP contribution in [0.4, 0.5) is 10.5 Å². The summed E-state index contributed by atoms with van der Waals surface area (Å²) in [6, 6.07) is 11.1. The van der Waals surface area contributed by atoms with Crippen molar-refractivity contribution in [1.29, 1.82) is 5.26 Å². The van der Waals surface area contributed by atoms with Crippen LogP contribution in [0.15, 0.2) is 24.3 Å². The minimum atomic E-state index is -0.0557. The topological polar surface area (TPSA) is 59.4 Å². The molecule has 2 saturated heterocycles.